The Kier molecular flexibility index (Phi) is 5.16. The zero-order valence-electron chi connectivity index (χ0n) is 9.43. The predicted octanol–water partition coefficient (Wildman–Crippen LogP) is -0.418. The molecule has 0 heterocycles. The van der Waals surface area contributed by atoms with E-state index in [0.717, 1.165) is 5.56 Å². The number of carbonyl (C=O) groups is 2. The maximum absolute atomic E-state index is 11.4. The molecule has 1 unspecified atom stereocenters. The maximum Gasteiger partial charge on any atom is 0.248 e. The SMILES string of the molecule is NC(=O)C(O)CNC(=O)CCc1ccccc1. The van der Waals surface area contributed by atoms with Crippen molar-refractivity contribution in [2.45, 2.75) is 18.9 Å². The zero-order chi connectivity index (χ0) is 12.7. The number of amides is 2. The van der Waals surface area contributed by atoms with Gasteiger partial charge in [-0.25, -0.2) is 0 Å². The van der Waals surface area contributed by atoms with Crippen molar-refractivity contribution in [2.75, 3.05) is 6.54 Å². The Morgan fingerprint density at radius 3 is 2.53 bits per heavy atom. The van der Waals surface area contributed by atoms with E-state index in [-0.39, 0.29) is 12.5 Å². The van der Waals surface area contributed by atoms with Gasteiger partial charge in [-0.15, -0.1) is 0 Å². The number of aryl methyl sites for hydroxylation is 1. The van der Waals surface area contributed by atoms with Gasteiger partial charge >= 0.3 is 0 Å². The molecule has 2 amide bonds. The van der Waals surface area contributed by atoms with Crippen molar-refractivity contribution in [1.82, 2.24) is 5.32 Å². The molecular weight excluding hydrogens is 220 g/mol. The van der Waals surface area contributed by atoms with Crippen molar-refractivity contribution >= 4 is 11.8 Å². The molecule has 5 nitrogen and oxygen atoms in total. The van der Waals surface area contributed by atoms with Crippen molar-refractivity contribution in [2.24, 2.45) is 5.73 Å². The van der Waals surface area contributed by atoms with Gasteiger partial charge in [0.25, 0.3) is 0 Å². The Bertz CT molecular complexity index is 379. The lowest BCUT2D eigenvalue weighted by atomic mass is 10.1. The van der Waals surface area contributed by atoms with Gasteiger partial charge < -0.3 is 16.2 Å². The van der Waals surface area contributed by atoms with E-state index in [1.54, 1.807) is 0 Å². The van der Waals surface area contributed by atoms with Gasteiger partial charge in [0.05, 0.1) is 6.54 Å². The van der Waals surface area contributed by atoms with Crippen LogP contribution in [0.5, 0.6) is 0 Å². The molecule has 0 fully saturated rings. The van der Waals surface area contributed by atoms with Gasteiger partial charge in [-0.2, -0.15) is 0 Å². The Morgan fingerprint density at radius 1 is 1.29 bits per heavy atom. The molecule has 1 rings (SSSR count). The van der Waals surface area contributed by atoms with Crippen molar-refractivity contribution in [3.63, 3.8) is 0 Å². The van der Waals surface area contributed by atoms with Gasteiger partial charge in [0, 0.05) is 6.42 Å². The number of hydrogen-bond donors (Lipinski definition) is 3. The van der Waals surface area contributed by atoms with Crippen LogP contribution in [0.1, 0.15) is 12.0 Å². The van der Waals surface area contributed by atoms with Crippen LogP contribution < -0.4 is 11.1 Å². The van der Waals surface area contributed by atoms with Crippen LogP contribution >= 0.6 is 0 Å². The van der Waals surface area contributed by atoms with E-state index < -0.39 is 12.0 Å². The van der Waals surface area contributed by atoms with E-state index in [0.29, 0.717) is 12.8 Å². The zero-order valence-corrected chi connectivity index (χ0v) is 9.43. The van der Waals surface area contributed by atoms with Crippen LogP contribution in [-0.2, 0) is 16.0 Å². The third-order valence-electron chi connectivity index (χ3n) is 2.30. The second-order valence-corrected chi connectivity index (χ2v) is 3.71. The highest BCUT2D eigenvalue weighted by atomic mass is 16.3. The summed E-state index contributed by atoms with van der Waals surface area (Å²) in [6.45, 7) is -0.136. The number of aliphatic hydroxyl groups excluding tert-OH is 1. The summed E-state index contributed by atoms with van der Waals surface area (Å²) >= 11 is 0. The number of aliphatic hydroxyl groups is 1. The molecule has 1 aromatic rings. The Balaban J connectivity index is 2.24. The first-order chi connectivity index (χ1) is 8.09. The van der Waals surface area contributed by atoms with E-state index >= 15 is 0 Å². The van der Waals surface area contributed by atoms with Gasteiger partial charge in [0.2, 0.25) is 11.8 Å². The quantitative estimate of drug-likeness (QED) is 0.626. The van der Waals surface area contributed by atoms with Crippen molar-refractivity contribution in [1.29, 1.82) is 0 Å². The lowest BCUT2D eigenvalue weighted by Gasteiger charge is -2.08. The van der Waals surface area contributed by atoms with Gasteiger partial charge in [0.1, 0.15) is 6.10 Å². The molecule has 92 valence electrons. The fourth-order valence-corrected chi connectivity index (χ4v) is 1.30. The highest BCUT2D eigenvalue weighted by Crippen LogP contribution is 2.01. The number of rotatable bonds is 6. The summed E-state index contributed by atoms with van der Waals surface area (Å²) in [6, 6.07) is 9.60. The summed E-state index contributed by atoms with van der Waals surface area (Å²) in [7, 11) is 0. The molecule has 1 aromatic carbocycles. The monoisotopic (exact) mass is 236 g/mol. The van der Waals surface area contributed by atoms with Crippen molar-refractivity contribution in [3.05, 3.63) is 35.9 Å². The highest BCUT2D eigenvalue weighted by molar-refractivity contribution is 5.81. The highest BCUT2D eigenvalue weighted by Gasteiger charge is 2.11. The number of hydrogen-bond acceptors (Lipinski definition) is 3. The minimum absolute atomic E-state index is 0.136. The third-order valence-corrected chi connectivity index (χ3v) is 2.30. The Labute approximate surface area is 99.6 Å². The number of primary amides is 1. The minimum atomic E-state index is -1.32. The molecule has 5 heteroatoms. The Morgan fingerprint density at radius 2 is 1.94 bits per heavy atom. The van der Waals surface area contributed by atoms with Crippen LogP contribution in [0.3, 0.4) is 0 Å². The fourth-order valence-electron chi connectivity index (χ4n) is 1.30. The first-order valence-corrected chi connectivity index (χ1v) is 5.37. The molecule has 17 heavy (non-hydrogen) atoms. The molecule has 0 aliphatic rings. The number of benzene rings is 1. The van der Waals surface area contributed by atoms with E-state index in [9.17, 15) is 9.59 Å². The minimum Gasteiger partial charge on any atom is -0.381 e. The molecule has 0 radical (unpaired) electrons. The van der Waals surface area contributed by atoms with Crippen LogP contribution in [0.25, 0.3) is 0 Å². The first-order valence-electron chi connectivity index (χ1n) is 5.37. The summed E-state index contributed by atoms with van der Waals surface area (Å²) in [5, 5.41) is 11.5. The maximum atomic E-state index is 11.4. The first kappa shape index (κ1) is 13.2. The molecule has 0 saturated heterocycles. The summed E-state index contributed by atoms with van der Waals surface area (Å²) in [5.41, 5.74) is 5.91. The molecule has 4 N–H and O–H groups in total. The van der Waals surface area contributed by atoms with Crippen LogP contribution in [-0.4, -0.2) is 29.6 Å². The third kappa shape index (κ3) is 5.12. The van der Waals surface area contributed by atoms with Gasteiger partial charge in [-0.05, 0) is 12.0 Å². The molecule has 0 saturated carbocycles. The standard InChI is InChI=1S/C12H16N2O3/c13-12(17)10(15)8-14-11(16)7-6-9-4-2-1-3-5-9/h1-5,10,15H,6-8H2,(H2,13,17)(H,14,16). The average Bonchev–Trinajstić information content (AvgIpc) is 2.34. The molecule has 0 aliphatic carbocycles. The predicted molar refractivity (Wildman–Crippen MR) is 63.0 cm³/mol. The smallest absolute Gasteiger partial charge is 0.248 e. The summed E-state index contributed by atoms with van der Waals surface area (Å²) in [5.74, 6) is -1.05. The molecule has 0 bridgehead atoms. The van der Waals surface area contributed by atoms with E-state index in [1.807, 2.05) is 30.3 Å². The number of nitrogens with two attached hydrogens (primary N) is 1. The second-order valence-electron chi connectivity index (χ2n) is 3.71. The largest absolute Gasteiger partial charge is 0.381 e. The normalized spacial score (nSPS) is 11.8. The second kappa shape index (κ2) is 6.65. The van der Waals surface area contributed by atoms with Crippen LogP contribution in [0.15, 0.2) is 30.3 Å². The van der Waals surface area contributed by atoms with Gasteiger partial charge in [-0.3, -0.25) is 9.59 Å². The van der Waals surface area contributed by atoms with Crippen LogP contribution in [0, 0.1) is 0 Å². The average molecular weight is 236 g/mol. The van der Waals surface area contributed by atoms with Crippen LogP contribution in [0.2, 0.25) is 0 Å². The lowest BCUT2D eigenvalue weighted by molar-refractivity contribution is -0.127. The van der Waals surface area contributed by atoms with Gasteiger partial charge in [-0.1, -0.05) is 30.3 Å². The molecular formula is C12H16N2O3. The topological polar surface area (TPSA) is 92.4 Å². The summed E-state index contributed by atoms with van der Waals surface area (Å²) in [6.07, 6.45) is -0.384. The lowest BCUT2D eigenvalue weighted by Crippen LogP contribution is -2.40. The van der Waals surface area contributed by atoms with E-state index in [4.69, 9.17) is 10.8 Å². The molecule has 0 aromatic heterocycles. The summed E-state index contributed by atoms with van der Waals surface area (Å²) in [4.78, 5) is 21.9. The Hall–Kier alpha value is -1.88. The number of carbonyl (C=O) groups excluding carboxylic acids is 2. The van der Waals surface area contributed by atoms with E-state index in [1.165, 1.54) is 0 Å². The molecule has 1 atom stereocenters. The molecule has 0 spiro atoms. The number of nitrogens with one attached hydrogen (secondary N) is 1. The van der Waals surface area contributed by atoms with Crippen molar-refractivity contribution in [3.8, 4) is 0 Å². The fraction of sp³-hybridized carbons (Fsp3) is 0.333. The van der Waals surface area contributed by atoms with Gasteiger partial charge in [0.15, 0.2) is 0 Å². The molecule has 0 aliphatic heterocycles. The summed E-state index contributed by atoms with van der Waals surface area (Å²) < 4.78 is 0. The van der Waals surface area contributed by atoms with Crippen LogP contribution in [0.4, 0.5) is 0 Å². The van der Waals surface area contributed by atoms with Crippen molar-refractivity contribution < 1.29 is 14.7 Å². The van der Waals surface area contributed by atoms with E-state index in [2.05, 4.69) is 5.32 Å².